The van der Waals surface area contributed by atoms with Gasteiger partial charge in [-0.05, 0) is 24.1 Å². The normalized spacial score (nSPS) is 13.9. The van der Waals surface area contributed by atoms with E-state index in [1.807, 2.05) is 19.9 Å². The van der Waals surface area contributed by atoms with Gasteiger partial charge in [-0.25, -0.2) is 0 Å². The molecule has 7 nitrogen and oxygen atoms in total. The second-order valence-electron chi connectivity index (χ2n) is 7.26. The number of anilines is 1. The number of amides is 2. The summed E-state index contributed by atoms with van der Waals surface area (Å²) in [6.45, 7) is 4.24. The van der Waals surface area contributed by atoms with E-state index in [1.165, 1.54) is 19.1 Å². The monoisotopic (exact) mass is 410 g/mol. The highest BCUT2D eigenvalue weighted by Gasteiger charge is 2.40. The number of benzene rings is 2. The number of rotatable bonds is 8. The quantitative estimate of drug-likeness (QED) is 0.671. The Labute approximate surface area is 176 Å². The highest BCUT2D eigenvalue weighted by atomic mass is 16.5. The number of nitrogens with one attached hydrogen (secondary N) is 1. The van der Waals surface area contributed by atoms with Crippen molar-refractivity contribution in [2.24, 2.45) is 5.92 Å². The zero-order valence-electron chi connectivity index (χ0n) is 17.8. The van der Waals surface area contributed by atoms with E-state index in [0.29, 0.717) is 35.0 Å². The summed E-state index contributed by atoms with van der Waals surface area (Å²) in [5, 5.41) is 3.13. The number of nitrogens with zero attached hydrogens (tertiary/aromatic N) is 1. The molecule has 7 heteroatoms. The molecule has 2 aromatic rings. The van der Waals surface area contributed by atoms with Crippen LogP contribution < -0.4 is 19.5 Å². The maximum absolute atomic E-state index is 13.3. The SMILES string of the molecule is COc1ccc(NC2=C(c3ccccc3OC)C(=O)N(CC(C)C)C2=O)c(OC)c1. The Morgan fingerprint density at radius 1 is 0.900 bits per heavy atom. The van der Waals surface area contributed by atoms with E-state index in [1.54, 1.807) is 43.5 Å². The van der Waals surface area contributed by atoms with E-state index in [9.17, 15) is 9.59 Å². The molecule has 0 radical (unpaired) electrons. The Morgan fingerprint density at radius 3 is 2.23 bits per heavy atom. The zero-order chi connectivity index (χ0) is 21.8. The number of methoxy groups -OCH3 is 3. The van der Waals surface area contributed by atoms with Gasteiger partial charge in [0.1, 0.15) is 22.9 Å². The first kappa shape index (κ1) is 21.2. The van der Waals surface area contributed by atoms with Gasteiger partial charge >= 0.3 is 0 Å². The van der Waals surface area contributed by atoms with Crippen LogP contribution in [-0.2, 0) is 9.59 Å². The Kier molecular flexibility index (Phi) is 6.30. The molecule has 1 N–H and O–H groups in total. The average molecular weight is 410 g/mol. The van der Waals surface area contributed by atoms with E-state index < -0.39 is 0 Å². The molecular formula is C23H26N2O5. The maximum atomic E-state index is 13.3. The highest BCUT2D eigenvalue weighted by Crippen LogP contribution is 2.37. The largest absolute Gasteiger partial charge is 0.497 e. The number of ether oxygens (including phenoxy) is 3. The molecule has 1 aliphatic rings. The molecule has 0 aliphatic carbocycles. The van der Waals surface area contributed by atoms with E-state index in [2.05, 4.69) is 5.32 Å². The molecule has 1 heterocycles. The maximum Gasteiger partial charge on any atom is 0.278 e. The van der Waals surface area contributed by atoms with Crippen LogP contribution in [0.25, 0.3) is 5.57 Å². The molecule has 0 atom stereocenters. The molecule has 1 aliphatic heterocycles. The number of imide groups is 1. The van der Waals surface area contributed by atoms with Crippen LogP contribution >= 0.6 is 0 Å². The first-order chi connectivity index (χ1) is 14.4. The highest BCUT2D eigenvalue weighted by molar-refractivity contribution is 6.37. The van der Waals surface area contributed by atoms with Gasteiger partial charge < -0.3 is 19.5 Å². The summed E-state index contributed by atoms with van der Waals surface area (Å²) in [6, 6.07) is 12.4. The van der Waals surface area contributed by atoms with Crippen LogP contribution in [0.3, 0.4) is 0 Å². The fourth-order valence-electron chi connectivity index (χ4n) is 3.36. The molecule has 2 amide bonds. The first-order valence-electron chi connectivity index (χ1n) is 9.64. The van der Waals surface area contributed by atoms with Gasteiger partial charge in [-0.3, -0.25) is 14.5 Å². The van der Waals surface area contributed by atoms with Crippen molar-refractivity contribution in [3.05, 3.63) is 53.7 Å². The van der Waals surface area contributed by atoms with Gasteiger partial charge in [0.2, 0.25) is 0 Å². The van der Waals surface area contributed by atoms with E-state index >= 15 is 0 Å². The molecule has 0 spiro atoms. The van der Waals surface area contributed by atoms with Gasteiger partial charge in [0.05, 0.1) is 32.6 Å². The van der Waals surface area contributed by atoms with Crippen molar-refractivity contribution in [3.8, 4) is 17.2 Å². The molecule has 3 rings (SSSR count). The lowest BCUT2D eigenvalue weighted by Crippen LogP contribution is -2.35. The molecule has 0 saturated carbocycles. The molecular weight excluding hydrogens is 384 g/mol. The summed E-state index contributed by atoms with van der Waals surface area (Å²) >= 11 is 0. The van der Waals surface area contributed by atoms with Crippen molar-refractivity contribution < 1.29 is 23.8 Å². The number of carbonyl (C=O) groups is 2. The van der Waals surface area contributed by atoms with E-state index in [0.717, 1.165) is 0 Å². The summed E-state index contributed by atoms with van der Waals surface area (Å²) in [4.78, 5) is 27.8. The lowest BCUT2D eigenvalue weighted by Gasteiger charge is -2.18. The van der Waals surface area contributed by atoms with E-state index in [4.69, 9.17) is 14.2 Å². The minimum atomic E-state index is -0.382. The van der Waals surface area contributed by atoms with Crippen LogP contribution in [0.15, 0.2) is 48.2 Å². The Balaban J connectivity index is 2.14. The summed E-state index contributed by atoms with van der Waals surface area (Å²) in [5.41, 5.74) is 1.57. The molecule has 30 heavy (non-hydrogen) atoms. The molecule has 0 aromatic heterocycles. The standard InChI is InChI=1S/C23H26N2O5/c1-14(2)13-25-22(26)20(16-8-6-7-9-18(16)29-4)21(23(25)27)24-17-11-10-15(28-3)12-19(17)30-5/h6-12,14,24H,13H2,1-5H3. The topological polar surface area (TPSA) is 77.1 Å². The van der Waals surface area contributed by atoms with E-state index in [-0.39, 0.29) is 29.0 Å². The predicted octanol–water partition coefficient (Wildman–Crippen LogP) is 3.56. The third kappa shape index (κ3) is 3.96. The van der Waals surface area contributed by atoms with Crippen LogP contribution in [-0.4, -0.2) is 44.6 Å². The summed E-state index contributed by atoms with van der Waals surface area (Å²) in [7, 11) is 4.63. The van der Waals surface area contributed by atoms with Crippen LogP contribution in [0.4, 0.5) is 5.69 Å². The number of hydrogen-bond acceptors (Lipinski definition) is 6. The molecule has 0 bridgehead atoms. The third-order valence-corrected chi connectivity index (χ3v) is 4.76. The number of carbonyl (C=O) groups excluding carboxylic acids is 2. The van der Waals surface area contributed by atoms with Gasteiger partial charge in [0.25, 0.3) is 11.8 Å². The lowest BCUT2D eigenvalue weighted by atomic mass is 10.0. The fourth-order valence-corrected chi connectivity index (χ4v) is 3.36. The second-order valence-corrected chi connectivity index (χ2v) is 7.26. The second kappa shape index (κ2) is 8.90. The van der Waals surface area contributed by atoms with Crippen LogP contribution in [0.2, 0.25) is 0 Å². The van der Waals surface area contributed by atoms with Crippen molar-refractivity contribution in [1.29, 1.82) is 0 Å². The van der Waals surface area contributed by atoms with Crippen LogP contribution in [0, 0.1) is 5.92 Å². The first-order valence-corrected chi connectivity index (χ1v) is 9.64. The summed E-state index contributed by atoms with van der Waals surface area (Å²) < 4.78 is 16.1. The summed E-state index contributed by atoms with van der Waals surface area (Å²) in [5.74, 6) is 1.02. The van der Waals surface area contributed by atoms with Gasteiger partial charge in [-0.2, -0.15) is 0 Å². The molecule has 2 aromatic carbocycles. The average Bonchev–Trinajstić information content (AvgIpc) is 2.97. The van der Waals surface area contributed by atoms with Gasteiger partial charge in [0, 0.05) is 18.2 Å². The minimum Gasteiger partial charge on any atom is -0.497 e. The van der Waals surface area contributed by atoms with Crippen molar-refractivity contribution in [3.63, 3.8) is 0 Å². The Bertz CT molecular complexity index is 997. The lowest BCUT2D eigenvalue weighted by molar-refractivity contribution is -0.137. The van der Waals surface area contributed by atoms with Crippen LogP contribution in [0.5, 0.6) is 17.2 Å². The van der Waals surface area contributed by atoms with Crippen molar-refractivity contribution in [2.45, 2.75) is 13.8 Å². The third-order valence-electron chi connectivity index (χ3n) is 4.76. The van der Waals surface area contributed by atoms with Gasteiger partial charge in [-0.15, -0.1) is 0 Å². The predicted molar refractivity (Wildman–Crippen MR) is 115 cm³/mol. The number of para-hydroxylation sites is 1. The summed E-state index contributed by atoms with van der Waals surface area (Å²) in [6.07, 6.45) is 0. The molecule has 0 unspecified atom stereocenters. The van der Waals surface area contributed by atoms with Crippen molar-refractivity contribution in [1.82, 2.24) is 4.90 Å². The molecule has 158 valence electrons. The number of hydrogen-bond donors (Lipinski definition) is 1. The smallest absolute Gasteiger partial charge is 0.278 e. The Morgan fingerprint density at radius 2 is 1.60 bits per heavy atom. The minimum absolute atomic E-state index is 0.131. The van der Waals surface area contributed by atoms with Gasteiger partial charge in [0.15, 0.2) is 0 Å². The van der Waals surface area contributed by atoms with Gasteiger partial charge in [-0.1, -0.05) is 32.0 Å². The Hall–Kier alpha value is -3.48. The molecule has 0 fully saturated rings. The van der Waals surface area contributed by atoms with Crippen molar-refractivity contribution >= 4 is 23.1 Å². The molecule has 0 saturated heterocycles. The fraction of sp³-hybridized carbons (Fsp3) is 0.304. The van der Waals surface area contributed by atoms with Crippen LogP contribution in [0.1, 0.15) is 19.4 Å². The van der Waals surface area contributed by atoms with Crippen molar-refractivity contribution in [2.75, 3.05) is 33.2 Å². The zero-order valence-corrected chi connectivity index (χ0v) is 17.8.